The number of hydrogen-bond donors (Lipinski definition) is 1. The summed E-state index contributed by atoms with van der Waals surface area (Å²) < 4.78 is 0. The molecule has 2 aromatic heterocycles. The predicted octanol–water partition coefficient (Wildman–Crippen LogP) is 2.78. The number of hydrogen-bond acceptors (Lipinski definition) is 3. The summed E-state index contributed by atoms with van der Waals surface area (Å²) in [5, 5.41) is 3.15. The molecule has 5 heteroatoms. The van der Waals surface area contributed by atoms with Crippen LogP contribution in [0.2, 0.25) is 5.02 Å². The number of aromatic nitrogens is 2. The van der Waals surface area contributed by atoms with Crippen LogP contribution in [0.1, 0.15) is 5.56 Å². The van der Waals surface area contributed by atoms with Crippen LogP contribution in [0, 0.1) is 0 Å². The number of nitrogens with zero attached hydrogens (tertiary/aromatic N) is 2. The van der Waals surface area contributed by atoms with Crippen LogP contribution in [-0.2, 0) is 4.79 Å². The Morgan fingerprint density at radius 3 is 2.83 bits per heavy atom. The van der Waals surface area contributed by atoms with Crippen LogP contribution in [0.3, 0.4) is 0 Å². The molecule has 4 nitrogen and oxygen atoms in total. The summed E-state index contributed by atoms with van der Waals surface area (Å²) in [7, 11) is 0. The third-order valence-electron chi connectivity index (χ3n) is 2.09. The van der Waals surface area contributed by atoms with Crippen LogP contribution in [0.15, 0.2) is 48.9 Å². The van der Waals surface area contributed by atoms with Gasteiger partial charge in [-0.3, -0.25) is 9.78 Å². The minimum atomic E-state index is -0.256. The van der Waals surface area contributed by atoms with Crippen LogP contribution in [0.5, 0.6) is 0 Å². The van der Waals surface area contributed by atoms with Gasteiger partial charge in [0, 0.05) is 24.7 Å². The van der Waals surface area contributed by atoms with Crippen LogP contribution >= 0.6 is 11.6 Å². The van der Waals surface area contributed by atoms with Crippen molar-refractivity contribution >= 4 is 29.4 Å². The molecule has 2 rings (SSSR count). The summed E-state index contributed by atoms with van der Waals surface area (Å²) in [6, 6.07) is 6.96. The third-order valence-corrected chi connectivity index (χ3v) is 2.31. The Morgan fingerprint density at radius 1 is 1.28 bits per heavy atom. The third kappa shape index (κ3) is 3.68. The van der Waals surface area contributed by atoms with Crippen molar-refractivity contribution in [2.45, 2.75) is 0 Å². The predicted molar refractivity (Wildman–Crippen MR) is 71.1 cm³/mol. The lowest BCUT2D eigenvalue weighted by Gasteiger charge is -2.00. The molecule has 0 radical (unpaired) electrons. The first-order valence-corrected chi connectivity index (χ1v) is 5.62. The normalized spacial score (nSPS) is 10.5. The number of halogens is 1. The smallest absolute Gasteiger partial charge is 0.249 e. The average molecular weight is 260 g/mol. The standard InChI is InChI=1S/C13H10ClN3O/c14-11-4-5-12(16-9-11)17-13(18)6-3-10-2-1-7-15-8-10/h1-9H,(H,16,17,18). The lowest BCUT2D eigenvalue weighted by atomic mass is 10.2. The van der Waals surface area contributed by atoms with Crippen molar-refractivity contribution in [2.24, 2.45) is 0 Å². The van der Waals surface area contributed by atoms with E-state index in [2.05, 4.69) is 15.3 Å². The fourth-order valence-electron chi connectivity index (χ4n) is 1.26. The van der Waals surface area contributed by atoms with Crippen molar-refractivity contribution in [1.82, 2.24) is 9.97 Å². The van der Waals surface area contributed by atoms with Gasteiger partial charge in [0.05, 0.1) is 5.02 Å². The molecule has 0 atom stereocenters. The fraction of sp³-hybridized carbons (Fsp3) is 0. The summed E-state index contributed by atoms with van der Waals surface area (Å²) in [5.41, 5.74) is 0.858. The molecule has 18 heavy (non-hydrogen) atoms. The largest absolute Gasteiger partial charge is 0.307 e. The molecular formula is C13H10ClN3O. The molecule has 1 amide bonds. The van der Waals surface area contributed by atoms with E-state index in [1.165, 1.54) is 12.3 Å². The number of amides is 1. The zero-order chi connectivity index (χ0) is 12.8. The molecule has 0 aliphatic carbocycles. The first kappa shape index (κ1) is 12.3. The number of nitrogens with one attached hydrogen (secondary N) is 1. The molecule has 0 aromatic carbocycles. The van der Waals surface area contributed by atoms with E-state index < -0.39 is 0 Å². The van der Waals surface area contributed by atoms with Crippen LogP contribution < -0.4 is 5.32 Å². The molecule has 0 fully saturated rings. The van der Waals surface area contributed by atoms with E-state index in [1.807, 2.05) is 6.07 Å². The molecule has 0 saturated carbocycles. The highest BCUT2D eigenvalue weighted by molar-refractivity contribution is 6.30. The molecule has 2 heterocycles. The van der Waals surface area contributed by atoms with Crippen LogP contribution in [0.25, 0.3) is 6.08 Å². The first-order chi connectivity index (χ1) is 8.74. The number of carbonyl (C=O) groups is 1. The molecule has 0 aliphatic rings. The topological polar surface area (TPSA) is 54.9 Å². The molecule has 0 spiro atoms. The van der Waals surface area contributed by atoms with Gasteiger partial charge in [-0.05, 0) is 29.8 Å². The monoisotopic (exact) mass is 259 g/mol. The minimum Gasteiger partial charge on any atom is -0.307 e. The second kappa shape index (κ2) is 5.93. The van der Waals surface area contributed by atoms with Crippen molar-refractivity contribution in [3.05, 3.63) is 59.5 Å². The van der Waals surface area contributed by atoms with Crippen molar-refractivity contribution < 1.29 is 4.79 Å². The number of carbonyl (C=O) groups excluding carboxylic acids is 1. The van der Waals surface area contributed by atoms with Gasteiger partial charge in [0.1, 0.15) is 5.82 Å². The van der Waals surface area contributed by atoms with Gasteiger partial charge in [0.15, 0.2) is 0 Å². The van der Waals surface area contributed by atoms with Gasteiger partial charge < -0.3 is 5.32 Å². The maximum absolute atomic E-state index is 11.6. The molecular weight excluding hydrogens is 250 g/mol. The second-order valence-corrected chi connectivity index (χ2v) is 3.91. The van der Waals surface area contributed by atoms with Gasteiger partial charge in [-0.15, -0.1) is 0 Å². The summed E-state index contributed by atoms with van der Waals surface area (Å²) in [6.45, 7) is 0. The average Bonchev–Trinajstić information content (AvgIpc) is 2.40. The molecule has 1 N–H and O–H groups in total. The molecule has 0 bridgehead atoms. The van der Waals surface area contributed by atoms with Crippen LogP contribution in [0.4, 0.5) is 5.82 Å². The second-order valence-electron chi connectivity index (χ2n) is 3.47. The SMILES string of the molecule is O=C(C=Cc1cccnc1)Nc1ccc(Cl)cn1. The van der Waals surface area contributed by atoms with Gasteiger partial charge >= 0.3 is 0 Å². The van der Waals surface area contributed by atoms with Gasteiger partial charge in [-0.2, -0.15) is 0 Å². The van der Waals surface area contributed by atoms with E-state index in [0.29, 0.717) is 10.8 Å². The maximum Gasteiger partial charge on any atom is 0.249 e. The van der Waals surface area contributed by atoms with E-state index >= 15 is 0 Å². The zero-order valence-corrected chi connectivity index (χ0v) is 10.1. The van der Waals surface area contributed by atoms with Crippen molar-refractivity contribution in [3.63, 3.8) is 0 Å². The Morgan fingerprint density at radius 2 is 2.17 bits per heavy atom. The number of pyridine rings is 2. The van der Waals surface area contributed by atoms with Gasteiger partial charge in [0.2, 0.25) is 5.91 Å². The Labute approximate surface area is 109 Å². The quantitative estimate of drug-likeness (QED) is 0.863. The molecule has 0 saturated heterocycles. The maximum atomic E-state index is 11.6. The highest BCUT2D eigenvalue weighted by atomic mass is 35.5. The Bertz CT molecular complexity index is 552. The van der Waals surface area contributed by atoms with Gasteiger partial charge in [0.25, 0.3) is 0 Å². The van der Waals surface area contributed by atoms with Crippen LogP contribution in [-0.4, -0.2) is 15.9 Å². The van der Waals surface area contributed by atoms with E-state index in [4.69, 9.17) is 11.6 Å². The van der Waals surface area contributed by atoms with Crippen molar-refractivity contribution in [1.29, 1.82) is 0 Å². The summed E-state index contributed by atoms with van der Waals surface area (Å²) in [4.78, 5) is 19.5. The Balaban J connectivity index is 1.97. The zero-order valence-electron chi connectivity index (χ0n) is 9.38. The summed E-state index contributed by atoms with van der Waals surface area (Å²) >= 11 is 5.69. The van der Waals surface area contributed by atoms with E-state index in [0.717, 1.165) is 5.56 Å². The molecule has 0 aliphatic heterocycles. The highest BCUT2D eigenvalue weighted by Gasteiger charge is 1.98. The highest BCUT2D eigenvalue weighted by Crippen LogP contribution is 2.09. The Kier molecular flexibility index (Phi) is 4.04. The molecule has 2 aromatic rings. The molecule has 90 valence electrons. The van der Waals surface area contributed by atoms with Crippen molar-refractivity contribution in [2.75, 3.05) is 5.32 Å². The molecule has 0 unspecified atom stereocenters. The summed E-state index contributed by atoms with van der Waals surface area (Å²) in [5.74, 6) is 0.203. The summed E-state index contributed by atoms with van der Waals surface area (Å²) in [6.07, 6.45) is 7.92. The van der Waals surface area contributed by atoms with Gasteiger partial charge in [-0.25, -0.2) is 4.98 Å². The lowest BCUT2D eigenvalue weighted by molar-refractivity contribution is -0.111. The minimum absolute atomic E-state index is 0.256. The van der Waals surface area contributed by atoms with E-state index in [1.54, 1.807) is 36.7 Å². The number of anilines is 1. The van der Waals surface area contributed by atoms with E-state index in [-0.39, 0.29) is 5.91 Å². The Hall–Kier alpha value is -2.20. The van der Waals surface area contributed by atoms with Gasteiger partial charge in [-0.1, -0.05) is 17.7 Å². The lowest BCUT2D eigenvalue weighted by Crippen LogP contribution is -2.08. The first-order valence-electron chi connectivity index (χ1n) is 5.25. The van der Waals surface area contributed by atoms with Crippen molar-refractivity contribution in [3.8, 4) is 0 Å². The number of rotatable bonds is 3. The fourth-order valence-corrected chi connectivity index (χ4v) is 1.38. The van der Waals surface area contributed by atoms with E-state index in [9.17, 15) is 4.79 Å².